The standard InChI is InChI=1S/C11H17FN4S/c1-7-3-2-4-8(5-7)17-10-9(12)6-14-11(15-10)16-13/h6-8H,2-5,13H2,1H3,(H,14,15,16). The fourth-order valence-corrected chi connectivity index (χ4v) is 3.48. The molecule has 2 rings (SSSR count). The summed E-state index contributed by atoms with van der Waals surface area (Å²) in [6.45, 7) is 2.25. The van der Waals surface area contributed by atoms with E-state index in [-0.39, 0.29) is 11.8 Å². The van der Waals surface area contributed by atoms with E-state index in [2.05, 4.69) is 22.3 Å². The maximum absolute atomic E-state index is 13.5. The summed E-state index contributed by atoms with van der Waals surface area (Å²) in [6.07, 6.45) is 5.91. The second-order valence-electron chi connectivity index (χ2n) is 4.50. The number of hydrogen-bond acceptors (Lipinski definition) is 5. The van der Waals surface area contributed by atoms with Gasteiger partial charge in [-0.15, -0.1) is 0 Å². The highest BCUT2D eigenvalue weighted by Crippen LogP contribution is 2.36. The monoisotopic (exact) mass is 256 g/mol. The van der Waals surface area contributed by atoms with Gasteiger partial charge in [0.1, 0.15) is 5.03 Å². The number of hydrazine groups is 1. The number of rotatable bonds is 3. The lowest BCUT2D eigenvalue weighted by Crippen LogP contribution is -2.16. The first-order valence-electron chi connectivity index (χ1n) is 5.85. The zero-order chi connectivity index (χ0) is 12.3. The highest BCUT2D eigenvalue weighted by molar-refractivity contribution is 7.99. The summed E-state index contributed by atoms with van der Waals surface area (Å²) in [7, 11) is 0. The molecule has 0 aromatic carbocycles. The molecule has 1 aromatic heterocycles. The van der Waals surface area contributed by atoms with Crippen LogP contribution in [0.4, 0.5) is 10.3 Å². The molecular weight excluding hydrogens is 239 g/mol. The second-order valence-corrected chi connectivity index (χ2v) is 5.79. The van der Waals surface area contributed by atoms with Gasteiger partial charge in [-0.3, -0.25) is 5.43 Å². The van der Waals surface area contributed by atoms with Crippen LogP contribution >= 0.6 is 11.8 Å². The summed E-state index contributed by atoms with van der Waals surface area (Å²) >= 11 is 1.50. The molecule has 1 aromatic rings. The van der Waals surface area contributed by atoms with Crippen LogP contribution in [0.2, 0.25) is 0 Å². The van der Waals surface area contributed by atoms with Crippen LogP contribution in [0.3, 0.4) is 0 Å². The minimum Gasteiger partial charge on any atom is -0.292 e. The average molecular weight is 256 g/mol. The smallest absolute Gasteiger partial charge is 0.238 e. The molecule has 1 fully saturated rings. The third-order valence-electron chi connectivity index (χ3n) is 3.01. The number of aromatic nitrogens is 2. The molecule has 6 heteroatoms. The lowest BCUT2D eigenvalue weighted by atomic mass is 9.91. The number of nitrogens with one attached hydrogen (secondary N) is 1. The molecule has 94 valence electrons. The molecule has 0 bridgehead atoms. The number of anilines is 1. The Balaban J connectivity index is 2.06. The Labute approximate surface area is 105 Å². The Kier molecular flexibility index (Phi) is 4.17. The fraction of sp³-hybridized carbons (Fsp3) is 0.636. The van der Waals surface area contributed by atoms with Crippen LogP contribution in [0.25, 0.3) is 0 Å². The van der Waals surface area contributed by atoms with Crippen molar-refractivity contribution in [1.82, 2.24) is 9.97 Å². The Morgan fingerprint density at radius 3 is 3.06 bits per heavy atom. The van der Waals surface area contributed by atoms with Gasteiger partial charge in [-0.25, -0.2) is 20.2 Å². The number of nitrogens with two attached hydrogens (primary N) is 1. The van der Waals surface area contributed by atoms with Crippen LogP contribution in [-0.4, -0.2) is 15.2 Å². The van der Waals surface area contributed by atoms with E-state index in [4.69, 9.17) is 5.84 Å². The summed E-state index contributed by atoms with van der Waals surface area (Å²) in [5.41, 5.74) is 2.34. The van der Waals surface area contributed by atoms with Gasteiger partial charge in [0.2, 0.25) is 5.95 Å². The fourth-order valence-electron chi connectivity index (χ4n) is 2.15. The lowest BCUT2D eigenvalue weighted by molar-refractivity contribution is 0.393. The molecule has 1 aliphatic carbocycles. The number of hydrogen-bond donors (Lipinski definition) is 2. The predicted molar refractivity (Wildman–Crippen MR) is 67.1 cm³/mol. The van der Waals surface area contributed by atoms with Crippen molar-refractivity contribution >= 4 is 17.7 Å². The molecule has 0 aliphatic heterocycles. The summed E-state index contributed by atoms with van der Waals surface area (Å²) in [5.74, 6) is 5.83. The molecule has 1 saturated carbocycles. The second kappa shape index (κ2) is 5.64. The Morgan fingerprint density at radius 2 is 2.35 bits per heavy atom. The highest BCUT2D eigenvalue weighted by Gasteiger charge is 2.21. The van der Waals surface area contributed by atoms with Crippen molar-refractivity contribution in [2.24, 2.45) is 11.8 Å². The largest absolute Gasteiger partial charge is 0.292 e. The van der Waals surface area contributed by atoms with Gasteiger partial charge in [-0.05, 0) is 18.8 Å². The Morgan fingerprint density at radius 1 is 1.53 bits per heavy atom. The molecule has 1 heterocycles. The van der Waals surface area contributed by atoms with Crippen LogP contribution in [-0.2, 0) is 0 Å². The van der Waals surface area contributed by atoms with Gasteiger partial charge in [0.05, 0.1) is 6.20 Å². The molecule has 0 saturated heterocycles. The van der Waals surface area contributed by atoms with Crippen molar-refractivity contribution in [1.29, 1.82) is 0 Å². The van der Waals surface area contributed by atoms with Gasteiger partial charge in [-0.1, -0.05) is 31.5 Å². The first kappa shape index (κ1) is 12.6. The molecular formula is C11H17FN4S. The van der Waals surface area contributed by atoms with Crippen molar-refractivity contribution in [3.05, 3.63) is 12.0 Å². The molecule has 1 aliphatic rings. The number of nitrogens with zero attached hydrogens (tertiary/aromatic N) is 2. The normalized spacial score (nSPS) is 24.6. The molecule has 17 heavy (non-hydrogen) atoms. The zero-order valence-corrected chi connectivity index (χ0v) is 10.6. The van der Waals surface area contributed by atoms with Gasteiger partial charge in [0.25, 0.3) is 0 Å². The molecule has 0 amide bonds. The van der Waals surface area contributed by atoms with Gasteiger partial charge < -0.3 is 0 Å². The highest BCUT2D eigenvalue weighted by atomic mass is 32.2. The quantitative estimate of drug-likeness (QED) is 0.494. The molecule has 4 nitrogen and oxygen atoms in total. The van der Waals surface area contributed by atoms with E-state index in [1.54, 1.807) is 0 Å². The van der Waals surface area contributed by atoms with Gasteiger partial charge in [-0.2, -0.15) is 0 Å². The predicted octanol–water partition coefficient (Wildman–Crippen LogP) is 2.57. The van der Waals surface area contributed by atoms with Crippen molar-refractivity contribution in [3.8, 4) is 0 Å². The number of halogens is 1. The van der Waals surface area contributed by atoms with E-state index in [0.29, 0.717) is 10.3 Å². The van der Waals surface area contributed by atoms with Gasteiger partial charge in [0.15, 0.2) is 5.82 Å². The maximum Gasteiger partial charge on any atom is 0.238 e. The number of nitrogen functional groups attached to an aromatic ring is 1. The van der Waals surface area contributed by atoms with Crippen LogP contribution in [0.15, 0.2) is 11.2 Å². The first-order chi connectivity index (χ1) is 8.19. The third kappa shape index (κ3) is 3.29. The van der Waals surface area contributed by atoms with Gasteiger partial charge >= 0.3 is 0 Å². The van der Waals surface area contributed by atoms with Gasteiger partial charge in [0, 0.05) is 5.25 Å². The molecule has 2 unspecified atom stereocenters. The third-order valence-corrected chi connectivity index (χ3v) is 4.28. The Bertz CT molecular complexity index is 388. The minimum absolute atomic E-state index is 0.262. The minimum atomic E-state index is -0.368. The zero-order valence-electron chi connectivity index (χ0n) is 9.82. The summed E-state index contributed by atoms with van der Waals surface area (Å²) in [5, 5.41) is 0.848. The van der Waals surface area contributed by atoms with Crippen molar-refractivity contribution < 1.29 is 4.39 Å². The summed E-state index contributed by atoms with van der Waals surface area (Å²) in [6, 6.07) is 0. The molecule has 0 spiro atoms. The van der Waals surface area contributed by atoms with Crippen LogP contribution in [0, 0.1) is 11.7 Å². The summed E-state index contributed by atoms with van der Waals surface area (Å²) in [4.78, 5) is 7.78. The van der Waals surface area contributed by atoms with E-state index in [1.165, 1.54) is 24.6 Å². The van der Waals surface area contributed by atoms with E-state index in [1.807, 2.05) is 0 Å². The maximum atomic E-state index is 13.5. The number of thioether (sulfide) groups is 1. The van der Waals surface area contributed by atoms with E-state index < -0.39 is 0 Å². The van der Waals surface area contributed by atoms with Crippen molar-refractivity contribution in [2.75, 3.05) is 5.43 Å². The van der Waals surface area contributed by atoms with Crippen LogP contribution < -0.4 is 11.3 Å². The van der Waals surface area contributed by atoms with Crippen molar-refractivity contribution in [3.63, 3.8) is 0 Å². The van der Waals surface area contributed by atoms with E-state index >= 15 is 0 Å². The Hall–Kier alpha value is -0.880. The lowest BCUT2D eigenvalue weighted by Gasteiger charge is -2.25. The first-order valence-corrected chi connectivity index (χ1v) is 6.73. The molecule has 0 radical (unpaired) electrons. The van der Waals surface area contributed by atoms with Crippen molar-refractivity contribution in [2.45, 2.75) is 42.9 Å². The van der Waals surface area contributed by atoms with E-state index in [0.717, 1.165) is 25.0 Å². The van der Waals surface area contributed by atoms with Crippen LogP contribution in [0.5, 0.6) is 0 Å². The van der Waals surface area contributed by atoms with E-state index in [9.17, 15) is 4.39 Å². The SMILES string of the molecule is CC1CCCC(Sc2nc(NN)ncc2F)C1. The average Bonchev–Trinajstić information content (AvgIpc) is 2.32. The van der Waals surface area contributed by atoms with Crippen LogP contribution in [0.1, 0.15) is 32.6 Å². The molecule has 2 atom stereocenters. The topological polar surface area (TPSA) is 63.8 Å². The summed E-state index contributed by atoms with van der Waals surface area (Å²) < 4.78 is 13.5. The molecule has 3 N–H and O–H groups in total.